The Kier molecular flexibility index (Phi) is 3.07. The van der Waals surface area contributed by atoms with Crippen LogP contribution in [-0.2, 0) is 9.59 Å². The summed E-state index contributed by atoms with van der Waals surface area (Å²) in [6.07, 6.45) is 1.31. The Hall–Kier alpha value is -0.860. The van der Waals surface area contributed by atoms with Gasteiger partial charge in [0.15, 0.2) is 0 Å². The molecule has 0 N–H and O–H groups in total. The van der Waals surface area contributed by atoms with Crippen LogP contribution in [0.4, 0.5) is 0 Å². The standard InChI is InChI=1S/C10H17NO2/c1-7(2)4-5-11-9(12)6-8(3)10(11)13/h7-8H,4-6H2,1-3H3. The lowest BCUT2D eigenvalue weighted by Gasteiger charge is -2.15. The minimum atomic E-state index is -0.0975. The summed E-state index contributed by atoms with van der Waals surface area (Å²) in [6, 6.07) is 0. The molecule has 1 heterocycles. The zero-order valence-corrected chi connectivity index (χ0v) is 8.54. The molecule has 1 saturated heterocycles. The lowest BCUT2D eigenvalue weighted by atomic mass is 10.1. The van der Waals surface area contributed by atoms with Crippen LogP contribution < -0.4 is 0 Å². The molecular weight excluding hydrogens is 166 g/mol. The molecule has 0 bridgehead atoms. The number of hydrogen-bond acceptors (Lipinski definition) is 2. The Bertz CT molecular complexity index is 223. The first-order chi connectivity index (χ1) is 6.02. The molecular formula is C10H17NO2. The molecule has 74 valence electrons. The number of hydrogen-bond donors (Lipinski definition) is 0. The van der Waals surface area contributed by atoms with Gasteiger partial charge in [-0.05, 0) is 12.3 Å². The molecule has 0 aromatic rings. The summed E-state index contributed by atoms with van der Waals surface area (Å²) in [5, 5.41) is 0. The van der Waals surface area contributed by atoms with Crippen LogP contribution in [0.2, 0.25) is 0 Å². The molecule has 0 saturated carbocycles. The molecule has 0 aliphatic carbocycles. The third kappa shape index (κ3) is 2.29. The number of imide groups is 1. The first kappa shape index (κ1) is 10.2. The highest BCUT2D eigenvalue weighted by molar-refractivity contribution is 6.03. The first-order valence-corrected chi connectivity index (χ1v) is 4.86. The average molecular weight is 183 g/mol. The highest BCUT2D eigenvalue weighted by atomic mass is 16.2. The number of carbonyl (C=O) groups excluding carboxylic acids is 2. The summed E-state index contributed by atoms with van der Waals surface area (Å²) in [5.74, 6) is 0.444. The van der Waals surface area contributed by atoms with Gasteiger partial charge in [-0.2, -0.15) is 0 Å². The predicted molar refractivity (Wildman–Crippen MR) is 50.0 cm³/mol. The van der Waals surface area contributed by atoms with Crippen LogP contribution in [-0.4, -0.2) is 23.3 Å². The lowest BCUT2D eigenvalue weighted by molar-refractivity contribution is -0.139. The van der Waals surface area contributed by atoms with Crippen LogP contribution in [0, 0.1) is 11.8 Å². The third-order valence-corrected chi connectivity index (χ3v) is 2.40. The van der Waals surface area contributed by atoms with Gasteiger partial charge in [0.05, 0.1) is 0 Å². The summed E-state index contributed by atoms with van der Waals surface area (Å²) in [4.78, 5) is 24.2. The van der Waals surface area contributed by atoms with Crippen LogP contribution in [0.15, 0.2) is 0 Å². The number of likely N-dealkylation sites (tertiary alicyclic amines) is 1. The quantitative estimate of drug-likeness (QED) is 0.621. The van der Waals surface area contributed by atoms with Gasteiger partial charge < -0.3 is 0 Å². The molecule has 13 heavy (non-hydrogen) atoms. The van der Waals surface area contributed by atoms with Crippen molar-refractivity contribution >= 4 is 11.8 Å². The van der Waals surface area contributed by atoms with Gasteiger partial charge in [0.2, 0.25) is 11.8 Å². The van der Waals surface area contributed by atoms with Crippen molar-refractivity contribution in [2.75, 3.05) is 6.54 Å². The van der Waals surface area contributed by atoms with Gasteiger partial charge in [0.1, 0.15) is 0 Å². The summed E-state index contributed by atoms with van der Waals surface area (Å²) in [6.45, 7) is 6.60. The maximum Gasteiger partial charge on any atom is 0.232 e. The van der Waals surface area contributed by atoms with Gasteiger partial charge >= 0.3 is 0 Å². The van der Waals surface area contributed by atoms with E-state index in [9.17, 15) is 9.59 Å². The third-order valence-electron chi connectivity index (χ3n) is 2.40. The fraction of sp³-hybridized carbons (Fsp3) is 0.800. The van der Waals surface area contributed by atoms with Crippen LogP contribution in [0.3, 0.4) is 0 Å². The van der Waals surface area contributed by atoms with Crippen molar-refractivity contribution < 1.29 is 9.59 Å². The van der Waals surface area contributed by atoms with Crippen LogP contribution >= 0.6 is 0 Å². The van der Waals surface area contributed by atoms with Gasteiger partial charge in [0, 0.05) is 18.9 Å². The molecule has 1 rings (SSSR count). The maximum absolute atomic E-state index is 11.4. The van der Waals surface area contributed by atoms with Gasteiger partial charge in [-0.15, -0.1) is 0 Å². The van der Waals surface area contributed by atoms with E-state index in [0.29, 0.717) is 18.9 Å². The molecule has 1 atom stereocenters. The van der Waals surface area contributed by atoms with Gasteiger partial charge in [0.25, 0.3) is 0 Å². The van der Waals surface area contributed by atoms with Crippen molar-refractivity contribution in [2.45, 2.75) is 33.6 Å². The Morgan fingerprint density at radius 3 is 2.46 bits per heavy atom. The zero-order valence-electron chi connectivity index (χ0n) is 8.54. The average Bonchev–Trinajstić information content (AvgIpc) is 2.24. The highest BCUT2D eigenvalue weighted by Gasteiger charge is 2.34. The zero-order chi connectivity index (χ0) is 10.0. The number of carbonyl (C=O) groups is 2. The number of nitrogens with zero attached hydrogens (tertiary/aromatic N) is 1. The van der Waals surface area contributed by atoms with Crippen molar-refractivity contribution in [1.82, 2.24) is 4.90 Å². The van der Waals surface area contributed by atoms with E-state index >= 15 is 0 Å². The SMILES string of the molecule is CC(C)CCN1C(=O)CC(C)C1=O. The molecule has 0 radical (unpaired) electrons. The van der Waals surface area contributed by atoms with E-state index in [1.165, 1.54) is 4.90 Å². The molecule has 0 aromatic carbocycles. The summed E-state index contributed by atoms with van der Waals surface area (Å²) in [7, 11) is 0. The normalized spacial score (nSPS) is 23.4. The van der Waals surface area contributed by atoms with E-state index < -0.39 is 0 Å². The Balaban J connectivity index is 2.49. The topological polar surface area (TPSA) is 37.4 Å². The molecule has 3 nitrogen and oxygen atoms in total. The second-order valence-corrected chi connectivity index (χ2v) is 4.17. The van der Waals surface area contributed by atoms with E-state index in [1.807, 2.05) is 6.92 Å². The smallest absolute Gasteiger partial charge is 0.232 e. The largest absolute Gasteiger partial charge is 0.282 e. The maximum atomic E-state index is 11.4. The minimum Gasteiger partial charge on any atom is -0.282 e. The van der Waals surface area contributed by atoms with E-state index in [1.54, 1.807) is 0 Å². The Labute approximate surface area is 79.1 Å². The molecule has 1 aliphatic rings. The number of amides is 2. The van der Waals surface area contributed by atoms with E-state index in [2.05, 4.69) is 13.8 Å². The monoisotopic (exact) mass is 183 g/mol. The van der Waals surface area contributed by atoms with Crippen molar-refractivity contribution in [3.05, 3.63) is 0 Å². The van der Waals surface area contributed by atoms with Crippen LogP contribution in [0.1, 0.15) is 33.6 Å². The van der Waals surface area contributed by atoms with Crippen molar-refractivity contribution in [3.8, 4) is 0 Å². The van der Waals surface area contributed by atoms with Crippen LogP contribution in [0.5, 0.6) is 0 Å². The van der Waals surface area contributed by atoms with Gasteiger partial charge in [-0.3, -0.25) is 14.5 Å². The van der Waals surface area contributed by atoms with Crippen LogP contribution in [0.25, 0.3) is 0 Å². The second kappa shape index (κ2) is 3.90. The molecule has 0 spiro atoms. The Morgan fingerprint density at radius 1 is 1.46 bits per heavy atom. The van der Waals surface area contributed by atoms with Gasteiger partial charge in [-0.25, -0.2) is 0 Å². The Morgan fingerprint density at radius 2 is 2.08 bits per heavy atom. The summed E-state index contributed by atoms with van der Waals surface area (Å²) in [5.41, 5.74) is 0. The van der Waals surface area contributed by atoms with Crippen molar-refractivity contribution in [1.29, 1.82) is 0 Å². The summed E-state index contributed by atoms with van der Waals surface area (Å²) >= 11 is 0. The van der Waals surface area contributed by atoms with Crippen molar-refractivity contribution in [2.24, 2.45) is 11.8 Å². The predicted octanol–water partition coefficient (Wildman–Crippen LogP) is 1.43. The van der Waals surface area contributed by atoms with Gasteiger partial charge in [-0.1, -0.05) is 20.8 Å². The molecule has 1 aliphatic heterocycles. The molecule has 1 unspecified atom stereocenters. The molecule has 1 fully saturated rings. The molecule has 0 aromatic heterocycles. The minimum absolute atomic E-state index is 0.00171. The lowest BCUT2D eigenvalue weighted by Crippen LogP contribution is -2.31. The number of rotatable bonds is 3. The highest BCUT2D eigenvalue weighted by Crippen LogP contribution is 2.19. The second-order valence-electron chi connectivity index (χ2n) is 4.17. The van der Waals surface area contributed by atoms with Crippen molar-refractivity contribution in [3.63, 3.8) is 0 Å². The fourth-order valence-electron chi connectivity index (χ4n) is 1.47. The van der Waals surface area contributed by atoms with E-state index in [4.69, 9.17) is 0 Å². The first-order valence-electron chi connectivity index (χ1n) is 4.86. The molecule has 3 heteroatoms. The fourth-order valence-corrected chi connectivity index (χ4v) is 1.47. The molecule has 2 amide bonds. The van der Waals surface area contributed by atoms with E-state index in [-0.39, 0.29) is 17.7 Å². The van der Waals surface area contributed by atoms with E-state index in [0.717, 1.165) is 6.42 Å². The summed E-state index contributed by atoms with van der Waals surface area (Å²) < 4.78 is 0.